The number of benzene rings is 3. The van der Waals surface area contributed by atoms with Crippen molar-refractivity contribution in [1.82, 2.24) is 4.90 Å². The first kappa shape index (κ1) is 19.3. The maximum atomic E-state index is 13.2. The molecule has 0 saturated heterocycles. The van der Waals surface area contributed by atoms with Gasteiger partial charge < -0.3 is 5.11 Å². The Morgan fingerprint density at radius 3 is 1.93 bits per heavy atom. The molecule has 0 amide bonds. The molecular weight excluding hydrogens is 337 g/mol. The van der Waals surface area contributed by atoms with Crippen molar-refractivity contribution < 1.29 is 9.50 Å². The molecule has 0 heterocycles. The van der Waals surface area contributed by atoms with Crippen molar-refractivity contribution in [2.24, 2.45) is 0 Å². The fourth-order valence-electron chi connectivity index (χ4n) is 3.23. The molecule has 0 fully saturated rings. The van der Waals surface area contributed by atoms with Crippen molar-refractivity contribution >= 4 is 0 Å². The van der Waals surface area contributed by atoms with Crippen molar-refractivity contribution in [2.75, 3.05) is 6.54 Å². The molecule has 27 heavy (non-hydrogen) atoms. The molecule has 0 aromatic heterocycles. The minimum Gasteiger partial charge on any atom is -0.391 e. The van der Waals surface area contributed by atoms with Gasteiger partial charge in [0.2, 0.25) is 0 Å². The van der Waals surface area contributed by atoms with E-state index in [0.717, 1.165) is 17.7 Å². The molecule has 0 aliphatic heterocycles. The fourth-order valence-corrected chi connectivity index (χ4v) is 3.23. The molecule has 3 aromatic carbocycles. The number of hydrogen-bond donors (Lipinski definition) is 1. The van der Waals surface area contributed by atoms with Gasteiger partial charge >= 0.3 is 0 Å². The molecule has 3 rings (SSSR count). The van der Waals surface area contributed by atoms with Crippen LogP contribution in [-0.4, -0.2) is 22.7 Å². The predicted octanol–water partition coefficient (Wildman–Crippen LogP) is 4.74. The molecule has 0 saturated carbocycles. The molecule has 3 aromatic rings. The monoisotopic (exact) mass is 363 g/mol. The maximum absolute atomic E-state index is 13.2. The van der Waals surface area contributed by atoms with Crippen molar-refractivity contribution in [3.63, 3.8) is 0 Å². The van der Waals surface area contributed by atoms with Crippen LogP contribution in [0.1, 0.15) is 22.3 Å². The van der Waals surface area contributed by atoms with Gasteiger partial charge in [0.25, 0.3) is 0 Å². The first-order valence-electron chi connectivity index (χ1n) is 9.33. The topological polar surface area (TPSA) is 23.5 Å². The van der Waals surface area contributed by atoms with Crippen LogP contribution in [0.15, 0.2) is 78.9 Å². The van der Waals surface area contributed by atoms with Crippen LogP contribution in [0.3, 0.4) is 0 Å². The molecular formula is C24H26FNO. The lowest BCUT2D eigenvalue weighted by atomic mass is 10.1. The molecule has 1 N–H and O–H groups in total. The zero-order valence-corrected chi connectivity index (χ0v) is 15.7. The summed E-state index contributed by atoms with van der Waals surface area (Å²) in [6.45, 7) is 4.04. The Morgan fingerprint density at radius 1 is 0.778 bits per heavy atom. The van der Waals surface area contributed by atoms with E-state index in [4.69, 9.17) is 0 Å². The summed E-state index contributed by atoms with van der Waals surface area (Å²) in [6.07, 6.45) is 0.160. The summed E-state index contributed by atoms with van der Waals surface area (Å²) in [6, 6.07) is 25.1. The number of rotatable bonds is 8. The molecule has 0 bridgehead atoms. The molecule has 0 aliphatic carbocycles. The van der Waals surface area contributed by atoms with E-state index in [2.05, 4.69) is 36.1 Å². The van der Waals surface area contributed by atoms with E-state index in [1.165, 1.54) is 23.3 Å². The van der Waals surface area contributed by atoms with Gasteiger partial charge in [-0.05, 0) is 42.2 Å². The molecule has 1 atom stereocenters. The van der Waals surface area contributed by atoms with Gasteiger partial charge in [-0.3, -0.25) is 4.90 Å². The highest BCUT2D eigenvalue weighted by Gasteiger charge is 2.14. The van der Waals surface area contributed by atoms with Crippen LogP contribution >= 0.6 is 0 Å². The van der Waals surface area contributed by atoms with Crippen LogP contribution in [0, 0.1) is 12.7 Å². The van der Waals surface area contributed by atoms with Gasteiger partial charge in [-0.15, -0.1) is 0 Å². The molecule has 0 radical (unpaired) electrons. The largest absolute Gasteiger partial charge is 0.391 e. The Balaban J connectivity index is 1.69. The summed E-state index contributed by atoms with van der Waals surface area (Å²) in [5, 5.41) is 10.6. The zero-order valence-electron chi connectivity index (χ0n) is 15.7. The van der Waals surface area contributed by atoms with E-state index in [0.29, 0.717) is 19.5 Å². The fraction of sp³-hybridized carbons (Fsp3) is 0.250. The standard InChI is InChI=1S/C24H26FNO/c1-19-7-9-21(10-8-19)16-26(17-22-11-13-23(25)14-12-22)18-24(27)15-20-5-3-2-4-6-20/h2-14,24,27H,15-18H2,1H3. The molecule has 0 aliphatic rings. The van der Waals surface area contributed by atoms with Gasteiger partial charge in [-0.25, -0.2) is 4.39 Å². The average molecular weight is 363 g/mol. The Kier molecular flexibility index (Phi) is 6.74. The van der Waals surface area contributed by atoms with Crippen LogP contribution in [0.2, 0.25) is 0 Å². The molecule has 140 valence electrons. The number of nitrogens with zero attached hydrogens (tertiary/aromatic N) is 1. The summed E-state index contributed by atoms with van der Waals surface area (Å²) in [4.78, 5) is 2.21. The number of halogens is 1. The lowest BCUT2D eigenvalue weighted by molar-refractivity contribution is 0.104. The van der Waals surface area contributed by atoms with Crippen LogP contribution in [-0.2, 0) is 19.5 Å². The van der Waals surface area contributed by atoms with Gasteiger partial charge in [0, 0.05) is 19.6 Å². The summed E-state index contributed by atoms with van der Waals surface area (Å²) >= 11 is 0. The van der Waals surface area contributed by atoms with Crippen molar-refractivity contribution in [1.29, 1.82) is 0 Å². The van der Waals surface area contributed by atoms with E-state index in [-0.39, 0.29) is 5.82 Å². The Hall–Kier alpha value is -2.49. The number of hydrogen-bond acceptors (Lipinski definition) is 2. The summed E-state index contributed by atoms with van der Waals surface area (Å²) in [5.41, 5.74) is 4.60. The Bertz CT molecular complexity index is 768. The SMILES string of the molecule is Cc1ccc(CN(Cc2ccc(F)cc2)CC(O)Cc2ccccc2)cc1. The van der Waals surface area contributed by atoms with Gasteiger partial charge in [-0.2, -0.15) is 0 Å². The van der Waals surface area contributed by atoms with Crippen molar-refractivity contribution in [2.45, 2.75) is 32.5 Å². The second-order valence-electron chi connectivity index (χ2n) is 7.13. The van der Waals surface area contributed by atoms with E-state index in [9.17, 15) is 9.50 Å². The average Bonchev–Trinajstić information content (AvgIpc) is 2.66. The highest BCUT2D eigenvalue weighted by Crippen LogP contribution is 2.14. The maximum Gasteiger partial charge on any atom is 0.123 e. The van der Waals surface area contributed by atoms with Crippen LogP contribution in [0.4, 0.5) is 4.39 Å². The minimum absolute atomic E-state index is 0.229. The van der Waals surface area contributed by atoms with Crippen molar-refractivity contribution in [3.05, 3.63) is 107 Å². The summed E-state index contributed by atoms with van der Waals surface area (Å²) in [7, 11) is 0. The third-order valence-corrected chi connectivity index (χ3v) is 4.63. The lowest BCUT2D eigenvalue weighted by Gasteiger charge is -2.25. The molecule has 2 nitrogen and oxygen atoms in total. The van der Waals surface area contributed by atoms with Crippen molar-refractivity contribution in [3.8, 4) is 0 Å². The third kappa shape index (κ3) is 6.31. The van der Waals surface area contributed by atoms with E-state index < -0.39 is 6.10 Å². The smallest absolute Gasteiger partial charge is 0.123 e. The van der Waals surface area contributed by atoms with Gasteiger partial charge in [0.1, 0.15) is 5.82 Å². The Morgan fingerprint density at radius 2 is 1.33 bits per heavy atom. The van der Waals surface area contributed by atoms with Gasteiger partial charge in [0.15, 0.2) is 0 Å². The first-order valence-corrected chi connectivity index (χ1v) is 9.33. The molecule has 3 heteroatoms. The van der Waals surface area contributed by atoms with Crippen LogP contribution in [0.25, 0.3) is 0 Å². The quantitative estimate of drug-likeness (QED) is 0.625. The number of aliphatic hydroxyl groups excluding tert-OH is 1. The van der Waals surface area contributed by atoms with Gasteiger partial charge in [-0.1, -0.05) is 72.3 Å². The van der Waals surface area contributed by atoms with E-state index in [1.807, 2.05) is 30.3 Å². The minimum atomic E-state index is -0.460. The lowest BCUT2D eigenvalue weighted by Crippen LogP contribution is -2.33. The highest BCUT2D eigenvalue weighted by molar-refractivity contribution is 5.22. The second-order valence-corrected chi connectivity index (χ2v) is 7.13. The third-order valence-electron chi connectivity index (χ3n) is 4.63. The second kappa shape index (κ2) is 9.45. The van der Waals surface area contributed by atoms with Gasteiger partial charge in [0.05, 0.1) is 6.10 Å². The zero-order chi connectivity index (χ0) is 19.1. The molecule has 0 spiro atoms. The first-order chi connectivity index (χ1) is 13.1. The summed E-state index contributed by atoms with van der Waals surface area (Å²) < 4.78 is 13.2. The number of aliphatic hydroxyl groups is 1. The predicted molar refractivity (Wildman–Crippen MR) is 108 cm³/mol. The number of aryl methyl sites for hydroxylation is 1. The Labute approximate surface area is 160 Å². The highest BCUT2D eigenvalue weighted by atomic mass is 19.1. The normalized spacial score (nSPS) is 12.3. The van der Waals surface area contributed by atoms with Crippen LogP contribution in [0.5, 0.6) is 0 Å². The van der Waals surface area contributed by atoms with Crippen LogP contribution < -0.4 is 0 Å². The van der Waals surface area contributed by atoms with E-state index in [1.54, 1.807) is 12.1 Å². The summed E-state index contributed by atoms with van der Waals surface area (Å²) in [5.74, 6) is -0.229. The molecule has 1 unspecified atom stereocenters. The van der Waals surface area contributed by atoms with E-state index >= 15 is 0 Å².